The third-order valence-corrected chi connectivity index (χ3v) is 6.63. The van der Waals surface area contributed by atoms with Gasteiger partial charge in [-0.3, -0.25) is 4.98 Å². The highest BCUT2D eigenvalue weighted by Gasteiger charge is 2.09. The molecule has 39 heavy (non-hydrogen) atoms. The molecule has 0 bridgehead atoms. The molecule has 5 rings (SSSR count). The Bertz CT molecular complexity index is 1580. The van der Waals surface area contributed by atoms with Crippen LogP contribution in [0.4, 0.5) is 11.4 Å². The maximum atomic E-state index is 10.3. The molecule has 0 unspecified atom stereocenters. The largest absolute Gasteiger partial charge is 0.507 e. The summed E-state index contributed by atoms with van der Waals surface area (Å²) < 4.78 is 4.48. The minimum atomic E-state index is 0.135. The first kappa shape index (κ1) is 28.0. The van der Waals surface area contributed by atoms with Gasteiger partial charge >= 0.3 is 0 Å². The molecule has 0 aliphatic rings. The maximum Gasteiger partial charge on any atom is 0.123 e. The molecule has 0 aliphatic carbocycles. The minimum Gasteiger partial charge on any atom is -0.507 e. The van der Waals surface area contributed by atoms with Crippen LogP contribution in [0.15, 0.2) is 83.8 Å². The zero-order valence-corrected chi connectivity index (χ0v) is 22.7. The van der Waals surface area contributed by atoms with Gasteiger partial charge in [0.25, 0.3) is 0 Å². The number of nitrogens with zero attached hydrogens (tertiary/aromatic N) is 1. The smallest absolute Gasteiger partial charge is 0.123 e. The second-order valence-electron chi connectivity index (χ2n) is 8.57. The van der Waals surface area contributed by atoms with Gasteiger partial charge in [0.15, 0.2) is 0 Å². The standard InChI is InChI=1S/C28H25N3O5S.C2H6/c1-17-5-7-21-23(13-17)27(32)11-9-25(21)29-15-18-3-2-4-19(31-18)16-30-26-10-12-28(33)24-14-20(37-36-35-34)6-8-22(24)26;1-2/h2-14,29-30,32-34H,15-16H2,1H3;1-2H3. The Hall–Kier alpha value is -4.02. The lowest BCUT2D eigenvalue weighted by atomic mass is 10.0. The van der Waals surface area contributed by atoms with Crippen LogP contribution in [-0.2, 0) is 22.5 Å². The van der Waals surface area contributed by atoms with Crippen LogP contribution in [0.5, 0.6) is 11.5 Å². The van der Waals surface area contributed by atoms with Crippen molar-refractivity contribution in [1.82, 2.24) is 4.98 Å². The van der Waals surface area contributed by atoms with E-state index in [1.165, 1.54) is 0 Å². The lowest BCUT2D eigenvalue weighted by Gasteiger charge is -2.13. The van der Waals surface area contributed by atoms with Crippen molar-refractivity contribution in [3.63, 3.8) is 0 Å². The van der Waals surface area contributed by atoms with Crippen molar-refractivity contribution in [2.75, 3.05) is 10.6 Å². The van der Waals surface area contributed by atoms with Crippen molar-refractivity contribution in [2.45, 2.75) is 38.8 Å². The van der Waals surface area contributed by atoms with Gasteiger partial charge in [0.05, 0.1) is 36.5 Å². The van der Waals surface area contributed by atoms with Crippen molar-refractivity contribution in [1.29, 1.82) is 0 Å². The summed E-state index contributed by atoms with van der Waals surface area (Å²) in [6, 6.07) is 24.3. The highest BCUT2D eigenvalue weighted by Crippen LogP contribution is 2.35. The number of phenolic OH excluding ortho intramolecular Hbond substituents is 2. The lowest BCUT2D eigenvalue weighted by Crippen LogP contribution is -2.07. The predicted molar refractivity (Wildman–Crippen MR) is 157 cm³/mol. The van der Waals surface area contributed by atoms with Crippen molar-refractivity contribution in [2.24, 2.45) is 0 Å². The fourth-order valence-electron chi connectivity index (χ4n) is 4.27. The third kappa shape index (κ3) is 6.71. The second kappa shape index (κ2) is 13.2. The van der Waals surface area contributed by atoms with E-state index in [1.54, 1.807) is 24.3 Å². The quantitative estimate of drug-likeness (QED) is 0.0548. The molecule has 5 N–H and O–H groups in total. The monoisotopic (exact) mass is 545 g/mol. The molecule has 0 saturated heterocycles. The zero-order chi connectivity index (χ0) is 27.8. The van der Waals surface area contributed by atoms with E-state index >= 15 is 0 Å². The molecular formula is C30H31N3O5S. The van der Waals surface area contributed by atoms with E-state index in [1.807, 2.05) is 75.4 Å². The summed E-state index contributed by atoms with van der Waals surface area (Å²) in [5.74, 6) is 0.399. The Kier molecular flexibility index (Phi) is 9.45. The first-order valence-electron chi connectivity index (χ1n) is 12.6. The number of hydrogen-bond acceptors (Lipinski definition) is 9. The van der Waals surface area contributed by atoms with Gasteiger partial charge < -0.3 is 20.8 Å². The molecule has 202 valence electrons. The summed E-state index contributed by atoms with van der Waals surface area (Å²) in [6.07, 6.45) is 0. The fraction of sp³-hybridized carbons (Fsp3) is 0.167. The number of anilines is 2. The van der Waals surface area contributed by atoms with Gasteiger partial charge in [-0.1, -0.05) is 48.7 Å². The van der Waals surface area contributed by atoms with E-state index in [9.17, 15) is 10.2 Å². The molecule has 9 heteroatoms. The lowest BCUT2D eigenvalue weighted by molar-refractivity contribution is -0.432. The van der Waals surface area contributed by atoms with E-state index in [0.717, 1.165) is 56.5 Å². The number of pyridine rings is 1. The van der Waals surface area contributed by atoms with E-state index in [-0.39, 0.29) is 11.5 Å². The fourth-order valence-corrected chi connectivity index (χ4v) is 4.67. The number of fused-ring (bicyclic) bond motifs is 2. The van der Waals surface area contributed by atoms with Crippen molar-refractivity contribution in [3.05, 3.63) is 95.8 Å². The predicted octanol–water partition coefficient (Wildman–Crippen LogP) is 7.79. The first-order valence-corrected chi connectivity index (χ1v) is 13.3. The van der Waals surface area contributed by atoms with Crippen molar-refractivity contribution in [3.8, 4) is 11.5 Å². The van der Waals surface area contributed by atoms with Crippen LogP contribution >= 0.6 is 12.0 Å². The number of aromatic hydroxyl groups is 2. The molecule has 0 fully saturated rings. The van der Waals surface area contributed by atoms with Gasteiger partial charge in [-0.25, -0.2) is 5.26 Å². The van der Waals surface area contributed by atoms with Crippen molar-refractivity contribution < 1.29 is 24.8 Å². The van der Waals surface area contributed by atoms with Crippen LogP contribution in [0.2, 0.25) is 0 Å². The Labute approximate surface area is 231 Å². The van der Waals surface area contributed by atoms with Crippen LogP contribution in [0.25, 0.3) is 21.5 Å². The number of benzene rings is 4. The molecule has 0 aliphatic heterocycles. The average molecular weight is 546 g/mol. The van der Waals surface area contributed by atoms with Crippen LogP contribution in [0, 0.1) is 6.92 Å². The Morgan fingerprint density at radius 2 is 1.28 bits per heavy atom. The normalized spacial score (nSPS) is 10.8. The average Bonchev–Trinajstić information content (AvgIpc) is 2.97. The number of aromatic nitrogens is 1. The van der Waals surface area contributed by atoms with E-state index in [4.69, 9.17) is 10.2 Å². The van der Waals surface area contributed by atoms with E-state index in [2.05, 4.69) is 20.0 Å². The SMILES string of the molecule is CC.Cc1ccc2c(NCc3cccc(CNc4ccc(O)c5cc(SOOO)ccc45)n3)ccc(O)c2c1. The van der Waals surface area contributed by atoms with Gasteiger partial charge in [0, 0.05) is 37.8 Å². The van der Waals surface area contributed by atoms with Crippen LogP contribution in [-0.4, -0.2) is 20.5 Å². The summed E-state index contributed by atoms with van der Waals surface area (Å²) in [4.78, 5) is 5.44. The van der Waals surface area contributed by atoms with Crippen LogP contribution in [0.1, 0.15) is 30.8 Å². The minimum absolute atomic E-state index is 0.135. The Balaban J connectivity index is 0.00000172. The van der Waals surface area contributed by atoms with Crippen LogP contribution < -0.4 is 10.6 Å². The topological polar surface area (TPSA) is 116 Å². The van der Waals surface area contributed by atoms with Crippen LogP contribution in [0.3, 0.4) is 0 Å². The summed E-state index contributed by atoms with van der Waals surface area (Å²) in [5.41, 5.74) is 4.62. The highest BCUT2D eigenvalue weighted by atomic mass is 32.2. The molecule has 4 aromatic carbocycles. The number of rotatable bonds is 9. The summed E-state index contributed by atoms with van der Waals surface area (Å²) in [5, 5.41) is 42.7. The molecule has 1 aromatic heterocycles. The molecule has 0 spiro atoms. The van der Waals surface area contributed by atoms with Gasteiger partial charge in [-0.15, -0.1) is 4.33 Å². The molecule has 5 aromatic rings. The number of aryl methyl sites for hydroxylation is 1. The van der Waals surface area contributed by atoms with E-state index in [0.29, 0.717) is 23.4 Å². The number of phenols is 2. The molecule has 0 atom stereocenters. The first-order chi connectivity index (χ1) is 19.0. The summed E-state index contributed by atoms with van der Waals surface area (Å²) in [6.45, 7) is 7.03. The number of hydrogen-bond donors (Lipinski definition) is 5. The molecule has 0 radical (unpaired) electrons. The molecule has 0 amide bonds. The third-order valence-electron chi connectivity index (χ3n) is 6.06. The Morgan fingerprint density at radius 1 is 0.718 bits per heavy atom. The summed E-state index contributed by atoms with van der Waals surface area (Å²) in [7, 11) is 0. The molecule has 8 nitrogen and oxygen atoms in total. The highest BCUT2D eigenvalue weighted by molar-refractivity contribution is 7.94. The maximum absolute atomic E-state index is 10.3. The second-order valence-corrected chi connectivity index (χ2v) is 9.35. The van der Waals surface area contributed by atoms with Crippen molar-refractivity contribution >= 4 is 45.0 Å². The summed E-state index contributed by atoms with van der Waals surface area (Å²) >= 11 is 0.834. The molecular weight excluding hydrogens is 514 g/mol. The van der Waals surface area contributed by atoms with Gasteiger partial charge in [0.2, 0.25) is 0 Å². The Morgan fingerprint density at radius 3 is 1.87 bits per heavy atom. The molecule has 1 heterocycles. The molecule has 0 saturated carbocycles. The van der Waals surface area contributed by atoms with Gasteiger partial charge in [-0.2, -0.15) is 0 Å². The van der Waals surface area contributed by atoms with Gasteiger partial charge in [0.1, 0.15) is 11.5 Å². The van der Waals surface area contributed by atoms with Gasteiger partial charge in [-0.05, 0) is 61.5 Å². The number of nitrogens with one attached hydrogen (secondary N) is 2. The van der Waals surface area contributed by atoms with E-state index < -0.39 is 0 Å². The zero-order valence-electron chi connectivity index (χ0n) is 21.9.